The molecular formula is C6H17LiN2Na. The van der Waals surface area contributed by atoms with Crippen LogP contribution in [0.4, 0.5) is 0 Å². The molecule has 0 saturated heterocycles. The molecule has 0 saturated carbocycles. The Morgan fingerprint density at radius 1 is 0.900 bits per heavy atom. The van der Waals surface area contributed by atoms with Gasteiger partial charge in [-0.1, -0.05) is 27.7 Å². The van der Waals surface area contributed by atoms with Crippen molar-refractivity contribution in [1.29, 1.82) is 0 Å². The zero-order chi connectivity index (χ0) is 5.86. The summed E-state index contributed by atoms with van der Waals surface area (Å²) in [4.78, 5) is 0. The molecule has 4 heteroatoms. The molecule has 0 bridgehead atoms. The molecule has 0 amide bonds. The van der Waals surface area contributed by atoms with E-state index in [1.165, 1.54) is 0 Å². The van der Waals surface area contributed by atoms with Crippen LogP contribution in [0.5, 0.6) is 0 Å². The van der Waals surface area contributed by atoms with Gasteiger partial charge in [-0.05, 0) is 0 Å². The molecule has 0 aromatic carbocycles. The summed E-state index contributed by atoms with van der Waals surface area (Å²) in [5.41, 5.74) is 0. The first-order valence-electron chi connectivity index (χ1n) is 2.89. The molecule has 0 fully saturated rings. The molecule has 53 valence electrons. The summed E-state index contributed by atoms with van der Waals surface area (Å²) in [7, 11) is 0. The average Bonchev–Trinajstić information content (AvgIpc) is 1.27. The summed E-state index contributed by atoms with van der Waals surface area (Å²) in [6.07, 6.45) is 0. The van der Waals surface area contributed by atoms with Crippen molar-refractivity contribution in [2.24, 2.45) is 0 Å². The zero-order valence-electron chi connectivity index (χ0n) is 8.23. The van der Waals surface area contributed by atoms with Crippen molar-refractivity contribution in [1.82, 2.24) is 5.32 Å². The molecular weight excluding hydrogens is 130 g/mol. The third kappa shape index (κ3) is 22.7. The van der Waals surface area contributed by atoms with Crippen LogP contribution in [-0.2, 0) is 0 Å². The summed E-state index contributed by atoms with van der Waals surface area (Å²) in [5, 5.41) is 3.31. The van der Waals surface area contributed by atoms with Crippen LogP contribution >= 0.6 is 0 Å². The quantitative estimate of drug-likeness (QED) is 0.486. The SMILES string of the molecule is CC(C)NC(C)C.[Li].[NH2-].[Na+]. The van der Waals surface area contributed by atoms with Gasteiger partial charge in [-0.25, -0.2) is 0 Å². The van der Waals surface area contributed by atoms with Crippen molar-refractivity contribution in [2.45, 2.75) is 39.8 Å². The number of hydrogen-bond donors (Lipinski definition) is 1. The zero-order valence-corrected chi connectivity index (χ0v) is 10.2. The summed E-state index contributed by atoms with van der Waals surface area (Å²) >= 11 is 0. The Labute approximate surface area is 99.0 Å². The molecule has 2 nitrogen and oxygen atoms in total. The van der Waals surface area contributed by atoms with Gasteiger partial charge in [-0.2, -0.15) is 0 Å². The molecule has 0 spiro atoms. The number of nitrogens with one attached hydrogen (secondary N) is 1. The fourth-order valence-corrected chi connectivity index (χ4v) is 0.667. The molecule has 0 atom stereocenters. The van der Waals surface area contributed by atoms with E-state index in [2.05, 4.69) is 33.0 Å². The Hall–Kier alpha value is 1.52. The maximum atomic E-state index is 3.31. The number of hydrogen-bond acceptors (Lipinski definition) is 1. The predicted octanol–water partition coefficient (Wildman–Crippen LogP) is -1.27. The molecule has 0 aromatic heterocycles. The normalized spacial score (nSPS) is 7.80. The minimum atomic E-state index is 0. The van der Waals surface area contributed by atoms with E-state index in [0.29, 0.717) is 12.1 Å². The van der Waals surface area contributed by atoms with E-state index >= 15 is 0 Å². The van der Waals surface area contributed by atoms with Gasteiger partial charge in [0.1, 0.15) is 0 Å². The molecule has 10 heavy (non-hydrogen) atoms. The monoisotopic (exact) mass is 147 g/mol. The van der Waals surface area contributed by atoms with Gasteiger partial charge in [-0.15, -0.1) is 0 Å². The predicted molar refractivity (Wildman–Crippen MR) is 44.4 cm³/mol. The maximum absolute atomic E-state index is 3.31. The minimum absolute atomic E-state index is 0. The van der Waals surface area contributed by atoms with Crippen molar-refractivity contribution in [3.05, 3.63) is 6.15 Å². The van der Waals surface area contributed by atoms with E-state index in [-0.39, 0.29) is 54.6 Å². The molecule has 0 unspecified atom stereocenters. The van der Waals surface area contributed by atoms with Gasteiger partial charge in [0.2, 0.25) is 0 Å². The second kappa shape index (κ2) is 13.1. The second-order valence-electron chi connectivity index (χ2n) is 2.48. The summed E-state index contributed by atoms with van der Waals surface area (Å²) in [6.45, 7) is 8.61. The summed E-state index contributed by atoms with van der Waals surface area (Å²) < 4.78 is 0. The van der Waals surface area contributed by atoms with Gasteiger partial charge in [0.25, 0.3) is 0 Å². The fourth-order valence-electron chi connectivity index (χ4n) is 0.667. The van der Waals surface area contributed by atoms with Crippen molar-refractivity contribution in [3.8, 4) is 0 Å². The van der Waals surface area contributed by atoms with E-state index < -0.39 is 0 Å². The van der Waals surface area contributed by atoms with Crippen LogP contribution in [0.1, 0.15) is 27.7 Å². The third-order valence-corrected chi connectivity index (χ3v) is 0.667. The Bertz CT molecular complexity index is 45.0. The number of nitrogens with two attached hydrogens (primary N) is 1. The Morgan fingerprint density at radius 3 is 1.10 bits per heavy atom. The summed E-state index contributed by atoms with van der Waals surface area (Å²) in [5.74, 6) is 0. The van der Waals surface area contributed by atoms with Crippen LogP contribution in [0.15, 0.2) is 0 Å². The Balaban J connectivity index is -0.0000000600. The van der Waals surface area contributed by atoms with Crippen molar-refractivity contribution < 1.29 is 29.6 Å². The first-order valence-corrected chi connectivity index (χ1v) is 2.89. The van der Waals surface area contributed by atoms with Gasteiger partial charge in [0.05, 0.1) is 0 Å². The first-order chi connectivity index (χ1) is 3.13. The van der Waals surface area contributed by atoms with Gasteiger partial charge < -0.3 is 11.5 Å². The summed E-state index contributed by atoms with van der Waals surface area (Å²) in [6, 6.07) is 1.25. The van der Waals surface area contributed by atoms with Crippen LogP contribution in [0.3, 0.4) is 0 Å². The van der Waals surface area contributed by atoms with Gasteiger partial charge in [0, 0.05) is 30.9 Å². The maximum Gasteiger partial charge on any atom is 1.00 e. The molecule has 0 heterocycles. The Morgan fingerprint density at radius 2 is 1.10 bits per heavy atom. The number of rotatable bonds is 2. The molecule has 3 N–H and O–H groups in total. The van der Waals surface area contributed by atoms with E-state index in [4.69, 9.17) is 0 Å². The molecule has 0 rings (SSSR count). The first kappa shape index (κ1) is 22.5. The van der Waals surface area contributed by atoms with E-state index in [1.54, 1.807) is 0 Å². The smallest absolute Gasteiger partial charge is 0.693 e. The van der Waals surface area contributed by atoms with Crippen LogP contribution in [-0.4, -0.2) is 30.9 Å². The van der Waals surface area contributed by atoms with Gasteiger partial charge >= 0.3 is 29.6 Å². The molecule has 1 radical (unpaired) electrons. The average molecular weight is 147 g/mol. The van der Waals surface area contributed by atoms with Crippen LogP contribution in [0.2, 0.25) is 0 Å². The third-order valence-electron chi connectivity index (χ3n) is 0.667. The van der Waals surface area contributed by atoms with Crippen LogP contribution in [0.25, 0.3) is 6.15 Å². The van der Waals surface area contributed by atoms with E-state index in [9.17, 15) is 0 Å². The molecule has 0 aliphatic carbocycles. The minimum Gasteiger partial charge on any atom is -0.693 e. The molecule has 0 aliphatic rings. The molecule has 0 aromatic rings. The van der Waals surface area contributed by atoms with Crippen molar-refractivity contribution >= 4 is 18.9 Å². The second-order valence-corrected chi connectivity index (χ2v) is 2.48. The van der Waals surface area contributed by atoms with Crippen LogP contribution in [0, 0.1) is 0 Å². The van der Waals surface area contributed by atoms with Gasteiger partial charge in [-0.3, -0.25) is 0 Å². The van der Waals surface area contributed by atoms with Gasteiger partial charge in [0.15, 0.2) is 0 Å². The topological polar surface area (TPSA) is 45.5 Å². The molecule has 0 aliphatic heterocycles. The van der Waals surface area contributed by atoms with E-state index in [1.807, 2.05) is 0 Å². The van der Waals surface area contributed by atoms with Crippen molar-refractivity contribution in [3.63, 3.8) is 0 Å². The van der Waals surface area contributed by atoms with Crippen molar-refractivity contribution in [2.75, 3.05) is 0 Å². The largest absolute Gasteiger partial charge is 1.00 e. The van der Waals surface area contributed by atoms with Crippen LogP contribution < -0.4 is 34.9 Å². The van der Waals surface area contributed by atoms with E-state index in [0.717, 1.165) is 0 Å². The fraction of sp³-hybridized carbons (Fsp3) is 1.00. The Kier molecular flexibility index (Phi) is 29.6. The standard InChI is InChI=1S/C6H15N.Li.H2N.Na/c1-5(2)7-6(3)4;;;/h5-7H,1-4H3;;1H2;/q;;-1;+1.